The maximum atomic E-state index is 11.8. The average molecular weight is 321 g/mol. The molecule has 0 amide bonds. The zero-order valence-corrected chi connectivity index (χ0v) is 13.0. The fraction of sp³-hybridized carbons (Fsp3) is 0.462. The monoisotopic (exact) mass is 320 g/mol. The average Bonchev–Trinajstić information content (AvgIpc) is 2.41. The number of ether oxygens (including phenoxy) is 2. The molecule has 5 nitrogen and oxygen atoms in total. The van der Waals surface area contributed by atoms with Crippen LogP contribution < -0.4 is 4.74 Å². The van der Waals surface area contributed by atoms with Crippen LogP contribution in [0.25, 0.3) is 0 Å². The van der Waals surface area contributed by atoms with E-state index in [4.69, 9.17) is 20.2 Å². The van der Waals surface area contributed by atoms with Crippen molar-refractivity contribution < 1.29 is 22.7 Å². The van der Waals surface area contributed by atoms with E-state index in [1.807, 2.05) is 6.92 Å². The molecule has 0 aliphatic rings. The van der Waals surface area contributed by atoms with Crippen molar-refractivity contribution in [3.8, 4) is 5.75 Å². The molecule has 0 unspecified atom stereocenters. The number of hydrogen-bond acceptors (Lipinski definition) is 5. The Bertz CT molecular complexity index is 568. The fourth-order valence-corrected chi connectivity index (χ4v) is 2.62. The van der Waals surface area contributed by atoms with Gasteiger partial charge in [0.2, 0.25) is 0 Å². The lowest BCUT2D eigenvalue weighted by molar-refractivity contribution is 0.0498. The minimum absolute atomic E-state index is 0.0857. The quantitative estimate of drug-likeness (QED) is 0.439. The van der Waals surface area contributed by atoms with Crippen molar-refractivity contribution in [2.24, 2.45) is 0 Å². The van der Waals surface area contributed by atoms with E-state index in [2.05, 4.69) is 0 Å². The van der Waals surface area contributed by atoms with E-state index in [0.29, 0.717) is 6.61 Å². The van der Waals surface area contributed by atoms with E-state index in [-0.39, 0.29) is 16.2 Å². The summed E-state index contributed by atoms with van der Waals surface area (Å²) in [5.41, 5.74) is 0.126. The van der Waals surface area contributed by atoms with Gasteiger partial charge in [0, 0.05) is 10.7 Å². The van der Waals surface area contributed by atoms with Crippen LogP contribution in [0.4, 0.5) is 0 Å². The molecule has 1 aromatic carbocycles. The van der Waals surface area contributed by atoms with Crippen LogP contribution in [-0.4, -0.2) is 28.1 Å². The van der Waals surface area contributed by atoms with Gasteiger partial charge in [-0.1, -0.05) is 19.8 Å². The molecule has 0 radical (unpaired) electrons. The number of esters is 1. The molecule has 0 aromatic heterocycles. The van der Waals surface area contributed by atoms with E-state index in [0.717, 1.165) is 25.3 Å². The lowest BCUT2D eigenvalue weighted by Crippen LogP contribution is -2.08. The molecule has 0 saturated carbocycles. The number of hydrogen-bond donors (Lipinski definition) is 0. The van der Waals surface area contributed by atoms with Gasteiger partial charge in [-0.05, 0) is 24.6 Å². The van der Waals surface area contributed by atoms with Crippen LogP contribution in [0, 0.1) is 0 Å². The Kier molecular flexibility index (Phi) is 6.29. The summed E-state index contributed by atoms with van der Waals surface area (Å²) in [7, 11) is 2.64. The molecule has 0 bridgehead atoms. The summed E-state index contributed by atoms with van der Waals surface area (Å²) in [5.74, 6) is -0.493. The number of rotatable bonds is 7. The van der Waals surface area contributed by atoms with E-state index >= 15 is 0 Å². The highest BCUT2D eigenvalue weighted by Crippen LogP contribution is 2.28. The van der Waals surface area contributed by atoms with Gasteiger partial charge in [0.25, 0.3) is 9.05 Å². The second-order valence-corrected chi connectivity index (χ2v) is 6.68. The van der Waals surface area contributed by atoms with Crippen LogP contribution in [-0.2, 0) is 13.8 Å². The summed E-state index contributed by atoms with van der Waals surface area (Å²) in [4.78, 5) is 11.5. The Morgan fingerprint density at radius 3 is 2.55 bits per heavy atom. The molecule has 112 valence electrons. The Balaban J connectivity index is 2.89. The predicted octanol–water partition coefficient (Wildman–Crippen LogP) is 2.97. The van der Waals surface area contributed by atoms with E-state index in [1.165, 1.54) is 19.2 Å². The normalized spacial score (nSPS) is 11.2. The third kappa shape index (κ3) is 4.68. The van der Waals surface area contributed by atoms with E-state index in [9.17, 15) is 13.2 Å². The van der Waals surface area contributed by atoms with Gasteiger partial charge < -0.3 is 9.47 Å². The standard InChI is InChI=1S/C13H17ClO5S/c1-3-4-5-8-19-13(15)10-6-7-11(18-2)12(9-10)20(14,16)17/h6-7,9H,3-5,8H2,1-2H3. The van der Waals surface area contributed by atoms with Crippen molar-refractivity contribution in [2.75, 3.05) is 13.7 Å². The Hall–Kier alpha value is -1.27. The minimum Gasteiger partial charge on any atom is -0.495 e. The molecule has 0 aliphatic carbocycles. The van der Waals surface area contributed by atoms with E-state index in [1.54, 1.807) is 0 Å². The lowest BCUT2D eigenvalue weighted by Gasteiger charge is -2.08. The maximum absolute atomic E-state index is 11.8. The Labute approximate surface area is 123 Å². The van der Waals surface area contributed by atoms with E-state index < -0.39 is 15.0 Å². The van der Waals surface area contributed by atoms with Crippen molar-refractivity contribution >= 4 is 25.7 Å². The van der Waals surface area contributed by atoms with Gasteiger partial charge in [-0.15, -0.1) is 0 Å². The SMILES string of the molecule is CCCCCOC(=O)c1ccc(OC)c(S(=O)(=O)Cl)c1. The molecule has 1 rings (SSSR count). The molecule has 0 aliphatic heterocycles. The van der Waals surface area contributed by atoms with Crippen LogP contribution >= 0.6 is 10.7 Å². The molecular weight excluding hydrogens is 304 g/mol. The van der Waals surface area contributed by atoms with Gasteiger partial charge in [0.15, 0.2) is 0 Å². The molecule has 7 heteroatoms. The summed E-state index contributed by atoms with van der Waals surface area (Å²) in [5, 5.41) is 0. The lowest BCUT2D eigenvalue weighted by atomic mass is 10.2. The van der Waals surface area contributed by atoms with Gasteiger partial charge in [-0.3, -0.25) is 0 Å². The topological polar surface area (TPSA) is 69.7 Å². The van der Waals surface area contributed by atoms with Crippen molar-refractivity contribution in [1.82, 2.24) is 0 Å². The number of carbonyl (C=O) groups is 1. The summed E-state index contributed by atoms with van der Waals surface area (Å²) >= 11 is 0. The molecular formula is C13H17ClO5S. The number of methoxy groups -OCH3 is 1. The highest BCUT2D eigenvalue weighted by Gasteiger charge is 2.19. The second kappa shape index (κ2) is 7.50. The van der Waals surface area contributed by atoms with Crippen molar-refractivity contribution in [3.05, 3.63) is 23.8 Å². The van der Waals surface area contributed by atoms with Gasteiger partial charge in [-0.25, -0.2) is 13.2 Å². The molecule has 20 heavy (non-hydrogen) atoms. The molecule has 1 aromatic rings. The Morgan fingerprint density at radius 2 is 2.00 bits per heavy atom. The summed E-state index contributed by atoms with van der Waals surface area (Å²) < 4.78 is 32.8. The molecule has 0 saturated heterocycles. The first-order valence-corrected chi connectivity index (χ1v) is 8.51. The molecule has 0 atom stereocenters. The second-order valence-electron chi connectivity index (χ2n) is 4.15. The highest BCUT2D eigenvalue weighted by atomic mass is 35.7. The van der Waals surface area contributed by atoms with Crippen LogP contribution in [0.2, 0.25) is 0 Å². The van der Waals surface area contributed by atoms with Crippen LogP contribution in [0.1, 0.15) is 36.5 Å². The molecule has 0 heterocycles. The van der Waals surface area contributed by atoms with Gasteiger partial charge >= 0.3 is 5.97 Å². The van der Waals surface area contributed by atoms with Crippen molar-refractivity contribution in [3.63, 3.8) is 0 Å². The third-order valence-electron chi connectivity index (χ3n) is 2.64. The van der Waals surface area contributed by atoms with Crippen LogP contribution in [0.15, 0.2) is 23.1 Å². The largest absolute Gasteiger partial charge is 0.495 e. The van der Waals surface area contributed by atoms with Crippen LogP contribution in [0.3, 0.4) is 0 Å². The first-order valence-electron chi connectivity index (χ1n) is 6.20. The van der Waals surface area contributed by atoms with Gasteiger partial charge in [0.05, 0.1) is 19.3 Å². The Morgan fingerprint density at radius 1 is 1.30 bits per heavy atom. The first-order chi connectivity index (χ1) is 9.40. The number of carbonyl (C=O) groups excluding carboxylic acids is 1. The third-order valence-corrected chi connectivity index (χ3v) is 3.99. The maximum Gasteiger partial charge on any atom is 0.338 e. The zero-order valence-electron chi connectivity index (χ0n) is 11.4. The number of unbranched alkanes of at least 4 members (excludes halogenated alkanes) is 2. The molecule has 0 fully saturated rings. The fourth-order valence-electron chi connectivity index (χ4n) is 1.59. The minimum atomic E-state index is -3.99. The predicted molar refractivity (Wildman–Crippen MR) is 75.8 cm³/mol. The zero-order chi connectivity index (χ0) is 15.2. The first kappa shape index (κ1) is 16.8. The van der Waals surface area contributed by atoms with Crippen molar-refractivity contribution in [2.45, 2.75) is 31.1 Å². The summed E-state index contributed by atoms with van der Waals surface area (Å²) in [6.07, 6.45) is 2.77. The van der Waals surface area contributed by atoms with Gasteiger partial charge in [0.1, 0.15) is 10.6 Å². The summed E-state index contributed by atoms with van der Waals surface area (Å²) in [6, 6.07) is 3.97. The molecule has 0 N–H and O–H groups in total. The highest BCUT2D eigenvalue weighted by molar-refractivity contribution is 8.13. The van der Waals surface area contributed by atoms with Gasteiger partial charge in [-0.2, -0.15) is 0 Å². The van der Waals surface area contributed by atoms with Crippen LogP contribution in [0.5, 0.6) is 5.75 Å². The number of halogens is 1. The van der Waals surface area contributed by atoms with Crippen molar-refractivity contribution in [1.29, 1.82) is 0 Å². The smallest absolute Gasteiger partial charge is 0.338 e. The molecule has 0 spiro atoms. The summed E-state index contributed by atoms with van der Waals surface area (Å²) in [6.45, 7) is 2.35. The number of benzene rings is 1.